The van der Waals surface area contributed by atoms with E-state index in [1.807, 2.05) is 0 Å². The summed E-state index contributed by atoms with van der Waals surface area (Å²) in [6.07, 6.45) is 12.8. The highest BCUT2D eigenvalue weighted by molar-refractivity contribution is 5.93. The molecule has 0 amide bonds. The number of fused-ring (bicyclic) bond motifs is 5. The second-order valence-corrected chi connectivity index (χ2v) is 13.2. The Hall–Kier alpha value is -0.860. The Morgan fingerprint density at radius 1 is 1.00 bits per heavy atom. The Kier molecular flexibility index (Phi) is 6.87. The smallest absolute Gasteiger partial charge is 0.137 e. The molecular weight excluding hydrogens is 394 g/mol. The summed E-state index contributed by atoms with van der Waals surface area (Å²) in [6, 6.07) is 0. The zero-order valence-corrected chi connectivity index (χ0v) is 21.7. The Labute approximate surface area is 197 Å². The maximum absolute atomic E-state index is 13.4. The van der Waals surface area contributed by atoms with Crippen LogP contribution >= 0.6 is 0 Å². The number of oxime groups is 1. The van der Waals surface area contributed by atoms with Gasteiger partial charge in [-0.05, 0) is 104 Å². The third-order valence-corrected chi connectivity index (χ3v) is 11.7. The Bertz CT molecular complexity index is 729. The second kappa shape index (κ2) is 9.06. The van der Waals surface area contributed by atoms with Gasteiger partial charge >= 0.3 is 0 Å². The van der Waals surface area contributed by atoms with Gasteiger partial charge in [-0.3, -0.25) is 4.79 Å². The number of hydrogen-bond donors (Lipinski definition) is 1. The van der Waals surface area contributed by atoms with Gasteiger partial charge in [0.2, 0.25) is 0 Å². The van der Waals surface area contributed by atoms with Crippen LogP contribution in [0, 0.1) is 58.2 Å². The number of nitrogens with zero attached hydrogens (tertiary/aromatic N) is 1. The lowest BCUT2D eigenvalue weighted by Crippen LogP contribution is -2.56. The molecule has 0 bridgehead atoms. The van der Waals surface area contributed by atoms with Gasteiger partial charge in [-0.25, -0.2) is 0 Å². The Morgan fingerprint density at radius 2 is 1.72 bits per heavy atom. The summed E-state index contributed by atoms with van der Waals surface area (Å²) in [5.74, 6) is 5.86. The van der Waals surface area contributed by atoms with Crippen LogP contribution in [0.25, 0.3) is 0 Å². The predicted molar refractivity (Wildman–Crippen MR) is 132 cm³/mol. The average Bonchev–Trinajstić information content (AvgIpc) is 3.11. The third kappa shape index (κ3) is 3.88. The summed E-state index contributed by atoms with van der Waals surface area (Å²) >= 11 is 0. The molecule has 0 aromatic carbocycles. The van der Waals surface area contributed by atoms with Crippen molar-refractivity contribution in [3.05, 3.63) is 0 Å². The molecule has 3 heteroatoms. The summed E-state index contributed by atoms with van der Waals surface area (Å²) in [7, 11) is 0. The molecule has 3 nitrogen and oxygen atoms in total. The summed E-state index contributed by atoms with van der Waals surface area (Å²) < 4.78 is 0. The minimum absolute atomic E-state index is 0.0888. The molecule has 4 aliphatic rings. The van der Waals surface area contributed by atoms with Crippen molar-refractivity contribution in [2.45, 2.75) is 112 Å². The van der Waals surface area contributed by atoms with E-state index in [0.717, 1.165) is 54.6 Å². The molecule has 0 heterocycles. The van der Waals surface area contributed by atoms with E-state index in [0.29, 0.717) is 29.5 Å². The van der Waals surface area contributed by atoms with Gasteiger partial charge < -0.3 is 5.21 Å². The topological polar surface area (TPSA) is 49.7 Å². The van der Waals surface area contributed by atoms with Crippen molar-refractivity contribution in [2.75, 3.05) is 0 Å². The van der Waals surface area contributed by atoms with Crippen LogP contribution in [0.2, 0.25) is 0 Å². The normalized spacial score (nSPS) is 44.8. The fraction of sp³-hybridized carbons (Fsp3) is 0.931. The third-order valence-electron chi connectivity index (χ3n) is 11.7. The number of Topliss-reactive ketones (excluding diaryl/α,β-unsaturated/α-hetero) is 1. The maximum atomic E-state index is 13.4. The predicted octanol–water partition coefficient (Wildman–Crippen LogP) is 7.75. The van der Waals surface area contributed by atoms with Crippen LogP contribution in [0.4, 0.5) is 0 Å². The van der Waals surface area contributed by atoms with Gasteiger partial charge in [0.15, 0.2) is 0 Å². The molecule has 0 spiro atoms. The highest BCUT2D eigenvalue weighted by Gasteiger charge is 2.62. The van der Waals surface area contributed by atoms with Crippen molar-refractivity contribution in [1.29, 1.82) is 0 Å². The van der Waals surface area contributed by atoms with Crippen LogP contribution in [-0.2, 0) is 4.79 Å². The van der Waals surface area contributed by atoms with Crippen molar-refractivity contribution < 1.29 is 10.0 Å². The molecule has 0 aromatic heterocycles. The van der Waals surface area contributed by atoms with Crippen LogP contribution in [0.15, 0.2) is 5.16 Å². The monoisotopic (exact) mass is 443 g/mol. The van der Waals surface area contributed by atoms with E-state index in [1.54, 1.807) is 0 Å². The Morgan fingerprint density at radius 3 is 2.38 bits per heavy atom. The highest BCUT2D eigenvalue weighted by Crippen LogP contribution is 2.67. The van der Waals surface area contributed by atoms with E-state index >= 15 is 0 Å². The van der Waals surface area contributed by atoms with Crippen LogP contribution in [0.5, 0.6) is 0 Å². The lowest BCUT2D eigenvalue weighted by Gasteiger charge is -2.60. The van der Waals surface area contributed by atoms with Gasteiger partial charge in [0, 0.05) is 12.3 Å². The van der Waals surface area contributed by atoms with Gasteiger partial charge in [0.25, 0.3) is 0 Å². The minimum Gasteiger partial charge on any atom is -0.411 e. The number of rotatable bonds is 6. The molecule has 4 aliphatic carbocycles. The Balaban J connectivity index is 1.49. The summed E-state index contributed by atoms with van der Waals surface area (Å²) in [5, 5.41) is 12.8. The van der Waals surface area contributed by atoms with Gasteiger partial charge in [-0.2, -0.15) is 0 Å². The number of carbonyl (C=O) groups excluding carboxylic acids is 1. The lowest BCUT2D eigenvalue weighted by molar-refractivity contribution is -0.150. The first kappa shape index (κ1) is 24.3. The molecule has 0 aromatic rings. The minimum atomic E-state index is 0.0888. The second-order valence-electron chi connectivity index (χ2n) is 13.2. The first-order valence-corrected chi connectivity index (χ1v) is 13.9. The highest BCUT2D eigenvalue weighted by atomic mass is 16.4. The van der Waals surface area contributed by atoms with E-state index in [-0.39, 0.29) is 11.3 Å². The molecule has 9 atom stereocenters. The quantitative estimate of drug-likeness (QED) is 0.337. The molecule has 0 radical (unpaired) electrons. The molecule has 0 saturated heterocycles. The molecule has 0 aliphatic heterocycles. The van der Waals surface area contributed by atoms with Gasteiger partial charge in [0.1, 0.15) is 5.78 Å². The molecule has 4 saturated carbocycles. The lowest BCUT2D eigenvalue weighted by atomic mass is 9.44. The zero-order valence-electron chi connectivity index (χ0n) is 21.7. The van der Waals surface area contributed by atoms with Crippen molar-refractivity contribution >= 4 is 11.5 Å². The molecule has 4 rings (SSSR count). The first-order chi connectivity index (χ1) is 15.2. The van der Waals surface area contributed by atoms with E-state index < -0.39 is 0 Å². The number of hydrogen-bond acceptors (Lipinski definition) is 3. The van der Waals surface area contributed by atoms with Gasteiger partial charge in [0.05, 0.1) is 5.71 Å². The van der Waals surface area contributed by atoms with E-state index in [1.165, 1.54) is 44.9 Å². The first-order valence-electron chi connectivity index (χ1n) is 13.9. The summed E-state index contributed by atoms with van der Waals surface area (Å²) in [4.78, 5) is 13.4. The standard InChI is InChI=1S/C29H49NO2/c1-7-20(18(2)3)9-8-19(4)23-10-11-24-22-17-27(31)26-16-21(30-32)12-14-29(26,6)25(22)13-15-28(23,24)5/h18-20,22-26,32H,7-17H2,1-6H3/b30-21-/t19-,20-,22+,23-,24+,25+,26?,28-,29-/m1/s1. The summed E-state index contributed by atoms with van der Waals surface area (Å²) in [5.41, 5.74) is 1.39. The SMILES string of the molecule is CC[C@H](CC[C@@H](C)[C@H]1CC[C@H]2[C@@H]3CC(=O)C4C/C(=N\O)CC[C@]4(C)[C@H]3CC[C@]12C)C(C)C. The number of carbonyl (C=O) groups is 1. The molecule has 4 fully saturated rings. The van der Waals surface area contributed by atoms with E-state index in [4.69, 9.17) is 0 Å². The van der Waals surface area contributed by atoms with E-state index in [2.05, 4.69) is 46.7 Å². The van der Waals surface area contributed by atoms with Crippen molar-refractivity contribution in [1.82, 2.24) is 0 Å². The fourth-order valence-electron chi connectivity index (χ4n) is 9.60. The molecule has 1 N–H and O–H groups in total. The molecule has 182 valence electrons. The fourth-order valence-corrected chi connectivity index (χ4v) is 9.60. The zero-order chi connectivity index (χ0) is 23.3. The molecule has 1 unspecified atom stereocenters. The maximum Gasteiger partial charge on any atom is 0.137 e. The van der Waals surface area contributed by atoms with Crippen LogP contribution in [-0.4, -0.2) is 16.7 Å². The average molecular weight is 444 g/mol. The van der Waals surface area contributed by atoms with Crippen molar-refractivity contribution in [3.63, 3.8) is 0 Å². The summed E-state index contributed by atoms with van der Waals surface area (Å²) in [6.45, 7) is 14.7. The van der Waals surface area contributed by atoms with Crippen LogP contribution in [0.1, 0.15) is 112 Å². The van der Waals surface area contributed by atoms with Gasteiger partial charge in [-0.1, -0.05) is 59.5 Å². The van der Waals surface area contributed by atoms with Crippen LogP contribution in [0.3, 0.4) is 0 Å². The van der Waals surface area contributed by atoms with Crippen molar-refractivity contribution in [3.8, 4) is 0 Å². The molecular formula is C29H49NO2. The largest absolute Gasteiger partial charge is 0.411 e. The van der Waals surface area contributed by atoms with Crippen LogP contribution < -0.4 is 0 Å². The van der Waals surface area contributed by atoms with Crippen molar-refractivity contribution in [2.24, 2.45) is 63.3 Å². The van der Waals surface area contributed by atoms with E-state index in [9.17, 15) is 10.0 Å². The van der Waals surface area contributed by atoms with Gasteiger partial charge in [-0.15, -0.1) is 0 Å². The molecule has 32 heavy (non-hydrogen) atoms. The number of ketones is 1.